The Morgan fingerprint density at radius 1 is 1.25 bits per heavy atom. The molecule has 1 aromatic heterocycles. The molecule has 0 saturated heterocycles. The molecular formula is C15H28N4O. The lowest BCUT2D eigenvalue weighted by molar-refractivity contribution is 0.250. The van der Waals surface area contributed by atoms with Crippen molar-refractivity contribution in [2.45, 2.75) is 59.5 Å². The maximum atomic E-state index is 5.66. The molecule has 3 atom stereocenters. The quantitative estimate of drug-likeness (QED) is 0.838. The van der Waals surface area contributed by atoms with Crippen molar-refractivity contribution < 1.29 is 4.42 Å². The summed E-state index contributed by atoms with van der Waals surface area (Å²) in [5.74, 6) is 2.69. The monoisotopic (exact) mass is 280 g/mol. The summed E-state index contributed by atoms with van der Waals surface area (Å²) in [6, 6.07) is 1.02. The molecule has 1 aliphatic carbocycles. The second-order valence-electron chi connectivity index (χ2n) is 6.54. The van der Waals surface area contributed by atoms with Gasteiger partial charge in [-0.2, -0.15) is 0 Å². The van der Waals surface area contributed by atoms with Gasteiger partial charge in [-0.3, -0.25) is 0 Å². The molecule has 0 aromatic carbocycles. The normalized spacial score (nSPS) is 26.9. The molecule has 5 nitrogen and oxygen atoms in total. The number of rotatable bonds is 6. The summed E-state index contributed by atoms with van der Waals surface area (Å²) < 4.78 is 5.66. The van der Waals surface area contributed by atoms with Gasteiger partial charge in [0.05, 0.1) is 6.54 Å². The van der Waals surface area contributed by atoms with Crippen molar-refractivity contribution >= 4 is 6.01 Å². The molecule has 1 fully saturated rings. The van der Waals surface area contributed by atoms with Crippen LogP contribution >= 0.6 is 0 Å². The second kappa shape index (κ2) is 7.07. The molecule has 0 radical (unpaired) electrons. The molecule has 2 rings (SSSR count). The van der Waals surface area contributed by atoms with Crippen LogP contribution in [0.1, 0.15) is 52.8 Å². The van der Waals surface area contributed by atoms with E-state index >= 15 is 0 Å². The van der Waals surface area contributed by atoms with Crippen LogP contribution in [0.2, 0.25) is 0 Å². The van der Waals surface area contributed by atoms with Crippen LogP contribution in [0.15, 0.2) is 4.42 Å². The molecule has 3 unspecified atom stereocenters. The van der Waals surface area contributed by atoms with Crippen molar-refractivity contribution in [3.05, 3.63) is 5.89 Å². The van der Waals surface area contributed by atoms with Gasteiger partial charge in [-0.25, -0.2) is 0 Å². The lowest BCUT2D eigenvalue weighted by Crippen LogP contribution is -2.35. The van der Waals surface area contributed by atoms with Gasteiger partial charge < -0.3 is 15.1 Å². The van der Waals surface area contributed by atoms with Crippen molar-refractivity contribution in [2.24, 2.45) is 17.8 Å². The maximum absolute atomic E-state index is 5.66. The van der Waals surface area contributed by atoms with Crippen LogP contribution < -0.4 is 10.6 Å². The third-order valence-corrected chi connectivity index (χ3v) is 4.31. The molecule has 5 heteroatoms. The number of nitrogens with zero attached hydrogens (tertiary/aromatic N) is 2. The molecule has 0 bridgehead atoms. The van der Waals surface area contributed by atoms with Crippen molar-refractivity contribution in [1.29, 1.82) is 0 Å². The average molecular weight is 280 g/mol. The van der Waals surface area contributed by atoms with Crippen LogP contribution in [0.4, 0.5) is 6.01 Å². The fourth-order valence-corrected chi connectivity index (χ4v) is 2.80. The number of hydrogen-bond donors (Lipinski definition) is 2. The predicted molar refractivity (Wildman–Crippen MR) is 80.4 cm³/mol. The number of aromatic nitrogens is 2. The Balaban J connectivity index is 1.83. The van der Waals surface area contributed by atoms with E-state index in [1.165, 1.54) is 19.3 Å². The van der Waals surface area contributed by atoms with E-state index in [0.29, 0.717) is 36.3 Å². The molecule has 114 valence electrons. The third-order valence-electron chi connectivity index (χ3n) is 4.31. The Kier molecular flexibility index (Phi) is 5.40. The van der Waals surface area contributed by atoms with Crippen LogP contribution in [0.3, 0.4) is 0 Å². The first-order chi connectivity index (χ1) is 9.56. The van der Waals surface area contributed by atoms with Crippen molar-refractivity contribution in [1.82, 2.24) is 15.5 Å². The number of anilines is 1. The highest BCUT2D eigenvalue weighted by molar-refractivity contribution is 5.20. The molecule has 20 heavy (non-hydrogen) atoms. The predicted octanol–water partition coefficient (Wildman–Crippen LogP) is 3.05. The van der Waals surface area contributed by atoms with E-state index in [9.17, 15) is 0 Å². The van der Waals surface area contributed by atoms with E-state index < -0.39 is 0 Å². The van der Waals surface area contributed by atoms with Crippen LogP contribution in [-0.4, -0.2) is 22.8 Å². The van der Waals surface area contributed by atoms with Gasteiger partial charge in [0, 0.05) is 6.04 Å². The summed E-state index contributed by atoms with van der Waals surface area (Å²) in [4.78, 5) is 0. The molecule has 1 aliphatic rings. The van der Waals surface area contributed by atoms with E-state index in [4.69, 9.17) is 4.42 Å². The van der Waals surface area contributed by atoms with Gasteiger partial charge in [-0.15, -0.1) is 5.10 Å². The second-order valence-corrected chi connectivity index (χ2v) is 6.54. The Labute approximate surface area is 121 Å². The van der Waals surface area contributed by atoms with Crippen molar-refractivity contribution in [2.75, 3.05) is 11.9 Å². The minimum Gasteiger partial charge on any atom is -0.407 e. The molecule has 0 aliphatic heterocycles. The van der Waals surface area contributed by atoms with E-state index in [2.05, 4.69) is 48.5 Å². The molecule has 2 N–H and O–H groups in total. The summed E-state index contributed by atoms with van der Waals surface area (Å²) in [5, 5.41) is 14.9. The molecule has 1 heterocycles. The highest BCUT2D eigenvalue weighted by atomic mass is 16.4. The Morgan fingerprint density at radius 3 is 2.80 bits per heavy atom. The van der Waals surface area contributed by atoms with Crippen LogP contribution in [0.25, 0.3) is 0 Å². The van der Waals surface area contributed by atoms with Gasteiger partial charge in [-0.1, -0.05) is 45.6 Å². The average Bonchev–Trinajstić information content (AvgIpc) is 2.82. The zero-order valence-corrected chi connectivity index (χ0v) is 13.1. The Morgan fingerprint density at radius 2 is 2.05 bits per heavy atom. The standard InChI is InChI=1S/C15H28N4O/c1-10(2)8-16-9-14-18-19-15(20-14)17-13-7-5-6-11(3)12(13)4/h10-13,16H,5-9H2,1-4H3,(H,17,19). The van der Waals surface area contributed by atoms with Gasteiger partial charge in [0.15, 0.2) is 0 Å². The summed E-state index contributed by atoms with van der Waals surface area (Å²) in [6.07, 6.45) is 3.79. The first kappa shape index (κ1) is 15.3. The summed E-state index contributed by atoms with van der Waals surface area (Å²) >= 11 is 0. The number of nitrogens with one attached hydrogen (secondary N) is 2. The molecule has 1 saturated carbocycles. The topological polar surface area (TPSA) is 63.0 Å². The summed E-state index contributed by atoms with van der Waals surface area (Å²) in [5.41, 5.74) is 0. The van der Waals surface area contributed by atoms with Gasteiger partial charge in [0.25, 0.3) is 0 Å². The van der Waals surface area contributed by atoms with Crippen molar-refractivity contribution in [3.8, 4) is 0 Å². The fraction of sp³-hybridized carbons (Fsp3) is 0.867. The minimum atomic E-state index is 0.454. The van der Waals surface area contributed by atoms with E-state index in [1.54, 1.807) is 0 Å². The number of hydrogen-bond acceptors (Lipinski definition) is 5. The first-order valence-corrected chi connectivity index (χ1v) is 7.86. The molecular weight excluding hydrogens is 252 g/mol. The summed E-state index contributed by atoms with van der Waals surface area (Å²) in [6.45, 7) is 10.6. The van der Waals surface area contributed by atoms with Crippen LogP contribution in [0.5, 0.6) is 0 Å². The van der Waals surface area contributed by atoms with E-state index in [-0.39, 0.29) is 0 Å². The van der Waals surface area contributed by atoms with Gasteiger partial charge in [0.2, 0.25) is 5.89 Å². The highest BCUT2D eigenvalue weighted by Gasteiger charge is 2.28. The summed E-state index contributed by atoms with van der Waals surface area (Å²) in [7, 11) is 0. The first-order valence-electron chi connectivity index (χ1n) is 7.86. The Bertz CT molecular complexity index is 404. The van der Waals surface area contributed by atoms with E-state index in [0.717, 1.165) is 12.5 Å². The van der Waals surface area contributed by atoms with Crippen LogP contribution in [-0.2, 0) is 6.54 Å². The fourth-order valence-electron chi connectivity index (χ4n) is 2.80. The van der Waals surface area contributed by atoms with Crippen LogP contribution in [0, 0.1) is 17.8 Å². The zero-order chi connectivity index (χ0) is 14.5. The SMILES string of the molecule is CC(C)CNCc1nnc(NC2CCCC(C)C2C)o1. The van der Waals surface area contributed by atoms with Gasteiger partial charge in [-0.05, 0) is 30.7 Å². The van der Waals surface area contributed by atoms with Crippen molar-refractivity contribution in [3.63, 3.8) is 0 Å². The minimum absolute atomic E-state index is 0.454. The van der Waals surface area contributed by atoms with Gasteiger partial charge in [0.1, 0.15) is 0 Å². The molecule has 1 aromatic rings. The highest BCUT2D eigenvalue weighted by Crippen LogP contribution is 2.31. The smallest absolute Gasteiger partial charge is 0.315 e. The Hall–Kier alpha value is -1.10. The third kappa shape index (κ3) is 4.20. The lowest BCUT2D eigenvalue weighted by Gasteiger charge is -2.33. The zero-order valence-electron chi connectivity index (χ0n) is 13.1. The maximum Gasteiger partial charge on any atom is 0.315 e. The van der Waals surface area contributed by atoms with Gasteiger partial charge >= 0.3 is 6.01 Å². The largest absolute Gasteiger partial charge is 0.407 e. The van der Waals surface area contributed by atoms with E-state index in [1.807, 2.05) is 0 Å². The molecule has 0 amide bonds. The molecule has 0 spiro atoms. The lowest BCUT2D eigenvalue weighted by atomic mass is 9.78.